The largest absolute Gasteiger partial charge is 0.495 e. The smallest absolute Gasteiger partial charge is 0.178 e. The van der Waals surface area contributed by atoms with E-state index in [1.807, 2.05) is 0 Å². The van der Waals surface area contributed by atoms with Crippen molar-refractivity contribution in [3.8, 4) is 22.6 Å². The van der Waals surface area contributed by atoms with Crippen LogP contribution in [0.2, 0.25) is 0 Å². The minimum Gasteiger partial charge on any atom is -0.495 e. The lowest BCUT2D eigenvalue weighted by atomic mass is 9.76. The maximum atomic E-state index is 7.61. The molecule has 6 heteroatoms. The van der Waals surface area contributed by atoms with Crippen LogP contribution in [0.1, 0.15) is 47.2 Å². The van der Waals surface area contributed by atoms with Crippen molar-refractivity contribution in [3.63, 3.8) is 0 Å². The van der Waals surface area contributed by atoms with E-state index >= 15 is 0 Å². The maximum absolute atomic E-state index is 7.61. The predicted molar refractivity (Wildman–Crippen MR) is 202 cm³/mol. The summed E-state index contributed by atoms with van der Waals surface area (Å²) in [6, 6.07) is 31.1. The molecule has 5 aromatic carbocycles. The fourth-order valence-corrected chi connectivity index (χ4v) is 8.73. The van der Waals surface area contributed by atoms with Gasteiger partial charge in [-0.05, 0) is 64.9 Å². The highest BCUT2D eigenvalue weighted by Crippen LogP contribution is 2.59. The number of methoxy groups -OCH3 is 1. The molecule has 9 rings (SSSR count). The van der Waals surface area contributed by atoms with Crippen molar-refractivity contribution in [2.75, 3.05) is 69.5 Å². The highest BCUT2D eigenvalue weighted by atomic mass is 16.5. The van der Waals surface area contributed by atoms with E-state index < -0.39 is 5.60 Å². The minimum absolute atomic E-state index is 0.228. The van der Waals surface area contributed by atoms with E-state index in [4.69, 9.17) is 18.9 Å². The molecule has 5 aromatic rings. The lowest BCUT2D eigenvalue weighted by molar-refractivity contribution is 0.122. The second kappa shape index (κ2) is 11.9. The van der Waals surface area contributed by atoms with Gasteiger partial charge in [-0.1, -0.05) is 86.2 Å². The number of anilines is 2. The number of fused-ring (bicyclic) bond motifs is 8. The van der Waals surface area contributed by atoms with Crippen LogP contribution in [0.25, 0.3) is 28.0 Å². The average molecular weight is 665 g/mol. The van der Waals surface area contributed by atoms with Crippen LogP contribution in [0, 0.1) is 6.92 Å². The van der Waals surface area contributed by atoms with Gasteiger partial charge in [0, 0.05) is 59.4 Å². The third-order valence-corrected chi connectivity index (χ3v) is 11.3. The molecule has 0 N–H and O–H groups in total. The van der Waals surface area contributed by atoms with Crippen molar-refractivity contribution < 1.29 is 18.9 Å². The quantitative estimate of drug-likeness (QED) is 0.188. The third-order valence-electron chi connectivity index (χ3n) is 11.3. The van der Waals surface area contributed by atoms with E-state index in [0.29, 0.717) is 13.2 Å². The van der Waals surface area contributed by atoms with E-state index in [1.54, 1.807) is 7.11 Å². The first-order valence-corrected chi connectivity index (χ1v) is 17.9. The topological polar surface area (TPSA) is 43.4 Å². The summed E-state index contributed by atoms with van der Waals surface area (Å²) >= 11 is 0. The second-order valence-corrected chi connectivity index (χ2v) is 14.5. The minimum atomic E-state index is -0.832. The van der Waals surface area contributed by atoms with Crippen molar-refractivity contribution in [1.29, 1.82) is 0 Å². The summed E-state index contributed by atoms with van der Waals surface area (Å²) in [5.74, 6) is 1.74. The molecule has 3 heterocycles. The van der Waals surface area contributed by atoms with Crippen LogP contribution >= 0.6 is 0 Å². The van der Waals surface area contributed by atoms with E-state index in [0.717, 1.165) is 78.7 Å². The van der Waals surface area contributed by atoms with Gasteiger partial charge in [-0.3, -0.25) is 0 Å². The third kappa shape index (κ3) is 4.76. The van der Waals surface area contributed by atoms with Crippen molar-refractivity contribution >= 4 is 28.2 Å². The fraction of sp³-hybridized carbons (Fsp3) is 0.318. The summed E-state index contributed by atoms with van der Waals surface area (Å²) in [5.41, 5.74) is 11.1. The molecule has 3 aliphatic heterocycles. The molecule has 50 heavy (non-hydrogen) atoms. The Morgan fingerprint density at radius 1 is 0.720 bits per heavy atom. The van der Waals surface area contributed by atoms with Gasteiger partial charge in [0.05, 0.1) is 39.2 Å². The molecular weight excluding hydrogens is 620 g/mol. The van der Waals surface area contributed by atoms with Gasteiger partial charge in [0.2, 0.25) is 0 Å². The Balaban J connectivity index is 1.30. The molecule has 1 atom stereocenters. The summed E-state index contributed by atoms with van der Waals surface area (Å²) in [6.07, 6.45) is 4.62. The number of morpholine rings is 2. The molecule has 1 aliphatic carbocycles. The lowest BCUT2D eigenvalue weighted by Gasteiger charge is -2.39. The van der Waals surface area contributed by atoms with Crippen LogP contribution in [-0.2, 0) is 20.5 Å². The Bertz CT molecular complexity index is 2130. The van der Waals surface area contributed by atoms with E-state index in [2.05, 4.69) is 128 Å². The molecule has 4 aliphatic rings. The normalized spacial score (nSPS) is 20.6. The summed E-state index contributed by atoms with van der Waals surface area (Å²) < 4.78 is 25.1. The number of aryl methyl sites for hydroxylation is 1. The summed E-state index contributed by atoms with van der Waals surface area (Å²) in [6.45, 7) is 13.3. The number of hydrogen-bond donors (Lipinski definition) is 0. The Kier molecular flexibility index (Phi) is 7.45. The maximum Gasteiger partial charge on any atom is 0.178 e. The van der Waals surface area contributed by atoms with E-state index in [-0.39, 0.29) is 5.41 Å². The summed E-state index contributed by atoms with van der Waals surface area (Å²) in [5, 5.41) is 2.25. The molecule has 254 valence electrons. The van der Waals surface area contributed by atoms with Gasteiger partial charge in [-0.25, -0.2) is 0 Å². The van der Waals surface area contributed by atoms with Gasteiger partial charge in [-0.15, -0.1) is 0 Å². The molecule has 0 radical (unpaired) electrons. The molecule has 6 nitrogen and oxygen atoms in total. The number of rotatable bonds is 5. The van der Waals surface area contributed by atoms with Crippen molar-refractivity contribution in [3.05, 3.63) is 124 Å². The van der Waals surface area contributed by atoms with E-state index in [1.165, 1.54) is 38.9 Å². The number of benzene rings is 5. The summed E-state index contributed by atoms with van der Waals surface area (Å²) in [7, 11) is 1.77. The van der Waals surface area contributed by atoms with Crippen LogP contribution in [-0.4, -0.2) is 59.7 Å². The number of nitrogens with zero attached hydrogens (tertiary/aromatic N) is 2. The molecule has 1 unspecified atom stereocenters. The zero-order chi connectivity index (χ0) is 34.0. The van der Waals surface area contributed by atoms with E-state index in [9.17, 15) is 0 Å². The van der Waals surface area contributed by atoms with Gasteiger partial charge in [0.1, 0.15) is 11.5 Å². The van der Waals surface area contributed by atoms with Crippen LogP contribution in [0.15, 0.2) is 91.0 Å². The van der Waals surface area contributed by atoms with Crippen LogP contribution in [0.5, 0.6) is 11.5 Å². The number of ether oxygens (including phenoxy) is 4. The highest BCUT2D eigenvalue weighted by molar-refractivity contribution is 6.10. The molecule has 2 fully saturated rings. The Labute approximate surface area is 294 Å². The monoisotopic (exact) mass is 664 g/mol. The first-order chi connectivity index (χ1) is 24.4. The standard InChI is InChI=1S/C44H44N2O4/c1-29-10-15-33-37(26-29)43(2,3)41-34-16-17-44(30-8-6-5-7-9-30,31-11-13-32(14-12-31)45-18-22-48-23-19-45)50-42(34)36-28-39(47-4)38(27-35(36)40(33)41)46-20-24-49-25-21-46/h5-17,26-28H,18-25H2,1-4H3. The number of hydrogen-bond acceptors (Lipinski definition) is 6. The zero-order valence-corrected chi connectivity index (χ0v) is 29.4. The van der Waals surface area contributed by atoms with Crippen LogP contribution in [0.4, 0.5) is 11.4 Å². The first kappa shape index (κ1) is 31.2. The molecule has 0 bridgehead atoms. The molecule has 0 amide bonds. The lowest BCUT2D eigenvalue weighted by Crippen LogP contribution is -2.37. The molecular formula is C44H44N2O4. The van der Waals surface area contributed by atoms with Gasteiger partial charge in [-0.2, -0.15) is 0 Å². The zero-order valence-electron chi connectivity index (χ0n) is 29.4. The molecule has 2 saturated heterocycles. The predicted octanol–water partition coefficient (Wildman–Crippen LogP) is 8.49. The van der Waals surface area contributed by atoms with Gasteiger partial charge in [0.25, 0.3) is 0 Å². The SMILES string of the molecule is COc1cc2c3c(c4c(c2cc1N1CCOCC1)-c1ccc(C)cc1C4(C)C)C=CC(c1ccccc1)(c1ccc(N2CCOCC2)cc1)O3. The molecule has 0 saturated carbocycles. The second-order valence-electron chi connectivity index (χ2n) is 14.5. The van der Waals surface area contributed by atoms with Crippen molar-refractivity contribution in [1.82, 2.24) is 0 Å². The van der Waals surface area contributed by atoms with Gasteiger partial charge >= 0.3 is 0 Å². The highest BCUT2D eigenvalue weighted by Gasteiger charge is 2.44. The first-order valence-electron chi connectivity index (χ1n) is 17.9. The van der Waals surface area contributed by atoms with Gasteiger partial charge in [0.15, 0.2) is 5.60 Å². The fourth-order valence-electron chi connectivity index (χ4n) is 8.73. The Hall–Kier alpha value is -4.78. The average Bonchev–Trinajstić information content (AvgIpc) is 3.41. The Morgan fingerprint density at radius 3 is 2.10 bits per heavy atom. The van der Waals surface area contributed by atoms with Crippen LogP contribution in [0.3, 0.4) is 0 Å². The summed E-state index contributed by atoms with van der Waals surface area (Å²) in [4.78, 5) is 4.79. The van der Waals surface area contributed by atoms with Crippen molar-refractivity contribution in [2.45, 2.75) is 31.8 Å². The molecule has 0 spiro atoms. The van der Waals surface area contributed by atoms with Crippen molar-refractivity contribution in [2.24, 2.45) is 0 Å². The van der Waals surface area contributed by atoms with Gasteiger partial charge < -0.3 is 28.7 Å². The van der Waals surface area contributed by atoms with Crippen LogP contribution < -0.4 is 19.3 Å². The Morgan fingerprint density at radius 2 is 1.40 bits per heavy atom. The molecule has 0 aromatic heterocycles.